The smallest absolute Gasteiger partial charge is 0.231 e. The van der Waals surface area contributed by atoms with Gasteiger partial charge in [0.1, 0.15) is 17.2 Å². The van der Waals surface area contributed by atoms with Crippen molar-refractivity contribution in [2.24, 2.45) is 0 Å². The van der Waals surface area contributed by atoms with Crippen LogP contribution in [0.15, 0.2) is 36.4 Å². The standard InChI is InChI=1S/C20H24N2O3/c1-14(22-13-15-8-6-7-9-18(15)23-3)10-16-11-20(25-5)17(21-2)12-19(16)24-4/h6-9,11-12,14,22H,10,13H2,1,3-5H3. The molecule has 2 aromatic carbocycles. The molecular weight excluding hydrogens is 316 g/mol. The van der Waals surface area contributed by atoms with Crippen LogP contribution in [0, 0.1) is 6.57 Å². The molecule has 0 aliphatic heterocycles. The van der Waals surface area contributed by atoms with E-state index < -0.39 is 0 Å². The van der Waals surface area contributed by atoms with Gasteiger partial charge < -0.3 is 19.5 Å². The number of para-hydroxylation sites is 1. The van der Waals surface area contributed by atoms with Crippen LogP contribution in [0.4, 0.5) is 5.69 Å². The third kappa shape index (κ3) is 4.65. The fourth-order valence-corrected chi connectivity index (χ4v) is 2.73. The van der Waals surface area contributed by atoms with E-state index in [1.165, 1.54) is 0 Å². The monoisotopic (exact) mass is 340 g/mol. The number of hydrogen-bond acceptors (Lipinski definition) is 4. The zero-order chi connectivity index (χ0) is 18.2. The van der Waals surface area contributed by atoms with E-state index in [2.05, 4.69) is 17.1 Å². The first-order valence-electron chi connectivity index (χ1n) is 8.10. The first-order chi connectivity index (χ1) is 12.1. The normalized spacial score (nSPS) is 11.5. The SMILES string of the molecule is [C-]#[N+]c1cc(OC)c(CC(C)NCc2ccccc2OC)cc1OC. The summed E-state index contributed by atoms with van der Waals surface area (Å²) in [5.74, 6) is 2.16. The van der Waals surface area contributed by atoms with E-state index in [1.807, 2.05) is 30.3 Å². The molecule has 1 atom stereocenters. The third-order valence-electron chi connectivity index (χ3n) is 4.06. The first kappa shape index (κ1) is 18.6. The van der Waals surface area contributed by atoms with E-state index in [1.54, 1.807) is 27.4 Å². The highest BCUT2D eigenvalue weighted by Crippen LogP contribution is 2.35. The Balaban J connectivity index is 2.09. The van der Waals surface area contributed by atoms with Gasteiger partial charge in [0.05, 0.1) is 27.9 Å². The molecule has 0 saturated carbocycles. The largest absolute Gasteiger partial charge is 0.508 e. The zero-order valence-electron chi connectivity index (χ0n) is 15.1. The second-order valence-corrected chi connectivity index (χ2v) is 5.75. The van der Waals surface area contributed by atoms with Gasteiger partial charge in [0.25, 0.3) is 0 Å². The van der Waals surface area contributed by atoms with Crippen molar-refractivity contribution in [1.82, 2.24) is 5.32 Å². The summed E-state index contributed by atoms with van der Waals surface area (Å²) in [6, 6.07) is 11.8. The van der Waals surface area contributed by atoms with Gasteiger partial charge in [0, 0.05) is 18.2 Å². The van der Waals surface area contributed by atoms with Gasteiger partial charge in [-0.3, -0.25) is 0 Å². The minimum atomic E-state index is 0.210. The van der Waals surface area contributed by atoms with Crippen LogP contribution in [-0.2, 0) is 13.0 Å². The maximum atomic E-state index is 7.24. The quantitative estimate of drug-likeness (QED) is 0.738. The Kier molecular flexibility index (Phi) is 6.67. The number of nitrogens with zero attached hydrogens (tertiary/aromatic N) is 1. The molecule has 1 N–H and O–H groups in total. The molecule has 2 rings (SSSR count). The number of methoxy groups -OCH3 is 3. The van der Waals surface area contributed by atoms with Crippen molar-refractivity contribution in [2.75, 3.05) is 21.3 Å². The summed E-state index contributed by atoms with van der Waals surface area (Å²) in [5.41, 5.74) is 2.58. The maximum Gasteiger partial charge on any atom is 0.231 e. The Morgan fingerprint density at radius 3 is 2.28 bits per heavy atom. The lowest BCUT2D eigenvalue weighted by molar-refractivity contribution is 0.395. The lowest BCUT2D eigenvalue weighted by Gasteiger charge is -2.18. The highest BCUT2D eigenvalue weighted by Gasteiger charge is 2.14. The third-order valence-corrected chi connectivity index (χ3v) is 4.06. The van der Waals surface area contributed by atoms with Crippen LogP contribution in [0.5, 0.6) is 17.2 Å². The summed E-state index contributed by atoms with van der Waals surface area (Å²) in [6.45, 7) is 10.1. The van der Waals surface area contributed by atoms with E-state index in [0.717, 1.165) is 23.3 Å². The van der Waals surface area contributed by atoms with Gasteiger partial charge in [-0.2, -0.15) is 0 Å². The van der Waals surface area contributed by atoms with Crippen molar-refractivity contribution in [3.05, 3.63) is 58.9 Å². The Hall–Kier alpha value is -2.71. The summed E-state index contributed by atoms with van der Waals surface area (Å²) in [6.07, 6.45) is 0.757. The van der Waals surface area contributed by atoms with Crippen molar-refractivity contribution in [1.29, 1.82) is 0 Å². The lowest BCUT2D eigenvalue weighted by Crippen LogP contribution is -2.27. The van der Waals surface area contributed by atoms with Crippen molar-refractivity contribution in [2.45, 2.75) is 25.9 Å². The summed E-state index contributed by atoms with van der Waals surface area (Å²) in [4.78, 5) is 3.48. The molecule has 0 saturated heterocycles. The topological polar surface area (TPSA) is 44.1 Å². The van der Waals surface area contributed by atoms with Gasteiger partial charge in [-0.25, -0.2) is 4.85 Å². The minimum absolute atomic E-state index is 0.210. The van der Waals surface area contributed by atoms with Gasteiger partial charge >= 0.3 is 0 Å². The van der Waals surface area contributed by atoms with E-state index in [-0.39, 0.29) is 6.04 Å². The molecule has 0 amide bonds. The van der Waals surface area contributed by atoms with E-state index >= 15 is 0 Å². The molecule has 5 heteroatoms. The maximum absolute atomic E-state index is 7.24. The average Bonchev–Trinajstić information content (AvgIpc) is 2.66. The number of benzene rings is 2. The molecular formula is C20H24N2O3. The Labute approximate surface area is 149 Å². The van der Waals surface area contributed by atoms with Crippen LogP contribution in [0.3, 0.4) is 0 Å². The molecule has 132 valence electrons. The second kappa shape index (κ2) is 8.95. The van der Waals surface area contributed by atoms with E-state index in [9.17, 15) is 0 Å². The zero-order valence-corrected chi connectivity index (χ0v) is 15.1. The fraction of sp³-hybridized carbons (Fsp3) is 0.350. The highest BCUT2D eigenvalue weighted by molar-refractivity contribution is 5.63. The summed E-state index contributed by atoms with van der Waals surface area (Å²) in [5, 5.41) is 3.50. The summed E-state index contributed by atoms with van der Waals surface area (Å²) >= 11 is 0. The van der Waals surface area contributed by atoms with Crippen LogP contribution >= 0.6 is 0 Å². The Bertz CT molecular complexity index is 753. The molecule has 0 spiro atoms. The van der Waals surface area contributed by atoms with Gasteiger partial charge in [0.2, 0.25) is 5.69 Å². The van der Waals surface area contributed by atoms with E-state index in [0.29, 0.717) is 23.7 Å². The van der Waals surface area contributed by atoms with Crippen molar-refractivity contribution >= 4 is 5.69 Å². The lowest BCUT2D eigenvalue weighted by atomic mass is 10.0. The molecule has 0 radical (unpaired) electrons. The van der Waals surface area contributed by atoms with Gasteiger partial charge in [-0.05, 0) is 37.1 Å². The van der Waals surface area contributed by atoms with Gasteiger partial charge in [-0.1, -0.05) is 18.2 Å². The Morgan fingerprint density at radius 1 is 0.960 bits per heavy atom. The fourth-order valence-electron chi connectivity index (χ4n) is 2.73. The molecule has 2 aromatic rings. The number of ether oxygens (including phenoxy) is 3. The Morgan fingerprint density at radius 2 is 1.64 bits per heavy atom. The van der Waals surface area contributed by atoms with E-state index in [4.69, 9.17) is 20.8 Å². The van der Waals surface area contributed by atoms with Crippen LogP contribution in [0.25, 0.3) is 4.85 Å². The molecule has 0 aromatic heterocycles. The van der Waals surface area contributed by atoms with Crippen LogP contribution in [-0.4, -0.2) is 27.4 Å². The molecule has 0 bridgehead atoms. The second-order valence-electron chi connectivity index (χ2n) is 5.75. The predicted octanol–water partition coefficient (Wildman–Crippen LogP) is 3.98. The highest BCUT2D eigenvalue weighted by atomic mass is 16.5. The minimum Gasteiger partial charge on any atom is -0.508 e. The number of rotatable bonds is 8. The summed E-state index contributed by atoms with van der Waals surface area (Å²) < 4.78 is 16.1. The average molecular weight is 340 g/mol. The number of nitrogens with one attached hydrogen (secondary N) is 1. The molecule has 25 heavy (non-hydrogen) atoms. The van der Waals surface area contributed by atoms with Crippen molar-refractivity contribution in [3.8, 4) is 17.2 Å². The molecule has 0 aliphatic carbocycles. The summed E-state index contributed by atoms with van der Waals surface area (Å²) in [7, 11) is 4.87. The molecule has 5 nitrogen and oxygen atoms in total. The van der Waals surface area contributed by atoms with Crippen molar-refractivity contribution in [3.63, 3.8) is 0 Å². The van der Waals surface area contributed by atoms with Crippen LogP contribution in [0.2, 0.25) is 0 Å². The van der Waals surface area contributed by atoms with Crippen molar-refractivity contribution < 1.29 is 14.2 Å². The predicted molar refractivity (Wildman–Crippen MR) is 98.8 cm³/mol. The first-order valence-corrected chi connectivity index (χ1v) is 8.10. The van der Waals surface area contributed by atoms with Crippen LogP contribution in [0.1, 0.15) is 18.1 Å². The molecule has 0 aliphatic rings. The number of hydrogen-bond donors (Lipinski definition) is 1. The molecule has 0 heterocycles. The van der Waals surface area contributed by atoms with Crippen LogP contribution < -0.4 is 19.5 Å². The van der Waals surface area contributed by atoms with Gasteiger partial charge in [0.15, 0.2) is 0 Å². The molecule has 0 fully saturated rings. The molecule has 1 unspecified atom stereocenters. The van der Waals surface area contributed by atoms with Gasteiger partial charge in [-0.15, -0.1) is 0 Å².